The van der Waals surface area contributed by atoms with Gasteiger partial charge in [-0.2, -0.15) is 0 Å². The van der Waals surface area contributed by atoms with Gasteiger partial charge in [0.2, 0.25) is 5.91 Å². The Labute approximate surface area is 142 Å². The summed E-state index contributed by atoms with van der Waals surface area (Å²) in [5, 5.41) is 4.96. The first-order valence-electron chi connectivity index (χ1n) is 7.55. The van der Waals surface area contributed by atoms with E-state index in [1.54, 1.807) is 11.8 Å². The Morgan fingerprint density at radius 2 is 1.78 bits per heavy atom. The van der Waals surface area contributed by atoms with Gasteiger partial charge in [-0.15, -0.1) is 11.8 Å². The summed E-state index contributed by atoms with van der Waals surface area (Å²) in [6, 6.07) is 18.0. The van der Waals surface area contributed by atoms with Gasteiger partial charge in [0.15, 0.2) is 0 Å². The highest BCUT2D eigenvalue weighted by Crippen LogP contribution is 2.16. The summed E-state index contributed by atoms with van der Waals surface area (Å²) < 4.78 is 0. The molecule has 2 aromatic rings. The lowest BCUT2D eigenvalue weighted by Crippen LogP contribution is -2.12. The van der Waals surface area contributed by atoms with Gasteiger partial charge in [0, 0.05) is 37.6 Å². The number of nitrogens with zero attached hydrogens (tertiary/aromatic N) is 1. The minimum absolute atomic E-state index is 0.0446. The largest absolute Gasteiger partial charge is 0.378 e. The average Bonchev–Trinajstić information content (AvgIpc) is 2.56. The summed E-state index contributed by atoms with van der Waals surface area (Å²) in [5.41, 5.74) is 3.13. The van der Waals surface area contributed by atoms with Crippen LogP contribution >= 0.6 is 11.8 Å². The van der Waals surface area contributed by atoms with Crippen LogP contribution in [0, 0.1) is 0 Å². The zero-order chi connectivity index (χ0) is 16.5. The van der Waals surface area contributed by atoms with Crippen LogP contribution in [0.5, 0.6) is 0 Å². The Kier molecular flexibility index (Phi) is 6.76. The van der Waals surface area contributed by atoms with Crippen LogP contribution in [0.3, 0.4) is 0 Å². The summed E-state index contributed by atoms with van der Waals surface area (Å²) in [6.45, 7) is 0. The van der Waals surface area contributed by atoms with Crippen LogP contribution in [-0.2, 0) is 4.79 Å². The Morgan fingerprint density at radius 1 is 1.09 bits per heavy atom. The van der Waals surface area contributed by atoms with Crippen molar-refractivity contribution in [2.75, 3.05) is 30.1 Å². The number of anilines is 2. The molecule has 1 N–H and O–H groups in total. The number of rotatable bonds is 7. The van der Waals surface area contributed by atoms with Crippen LogP contribution in [0.2, 0.25) is 0 Å². The summed E-state index contributed by atoms with van der Waals surface area (Å²) in [4.78, 5) is 13.9. The van der Waals surface area contributed by atoms with Crippen LogP contribution < -0.4 is 10.2 Å². The van der Waals surface area contributed by atoms with Gasteiger partial charge in [-0.05, 0) is 41.3 Å². The van der Waals surface area contributed by atoms with E-state index in [2.05, 4.69) is 23.5 Å². The van der Waals surface area contributed by atoms with Crippen molar-refractivity contribution in [3.63, 3.8) is 0 Å². The third-order valence-electron chi connectivity index (χ3n) is 3.27. The fourth-order valence-corrected chi connectivity index (χ4v) is 2.67. The van der Waals surface area contributed by atoms with E-state index in [1.165, 1.54) is 5.56 Å². The van der Waals surface area contributed by atoms with Gasteiger partial charge >= 0.3 is 0 Å². The maximum absolute atomic E-state index is 11.9. The fraction of sp³-hybridized carbons (Fsp3) is 0.211. The molecule has 4 heteroatoms. The molecule has 0 saturated heterocycles. The number of hydrogen-bond acceptors (Lipinski definition) is 3. The minimum Gasteiger partial charge on any atom is -0.378 e. The second kappa shape index (κ2) is 9.06. The van der Waals surface area contributed by atoms with Gasteiger partial charge in [-0.3, -0.25) is 4.79 Å². The molecule has 0 aliphatic carbocycles. The molecule has 0 spiro atoms. The molecule has 0 saturated carbocycles. The summed E-state index contributed by atoms with van der Waals surface area (Å²) >= 11 is 1.65. The first-order chi connectivity index (χ1) is 11.1. The van der Waals surface area contributed by atoms with Gasteiger partial charge in [0.1, 0.15) is 0 Å². The molecular formula is C19H22N2OS. The first kappa shape index (κ1) is 17.2. The SMILES string of the molecule is CN(C)c1ccc(NC(=O)CCSC=Cc2ccccc2)cc1. The summed E-state index contributed by atoms with van der Waals surface area (Å²) in [7, 11) is 3.99. The molecule has 0 aliphatic rings. The van der Waals surface area contributed by atoms with Crippen molar-refractivity contribution in [3.05, 3.63) is 65.6 Å². The molecule has 0 atom stereocenters. The highest BCUT2D eigenvalue weighted by atomic mass is 32.2. The minimum atomic E-state index is 0.0446. The van der Waals surface area contributed by atoms with E-state index in [0.29, 0.717) is 6.42 Å². The molecule has 0 heterocycles. The molecule has 120 valence electrons. The van der Waals surface area contributed by atoms with Crippen molar-refractivity contribution in [2.45, 2.75) is 6.42 Å². The van der Waals surface area contributed by atoms with Crippen molar-refractivity contribution in [2.24, 2.45) is 0 Å². The van der Waals surface area contributed by atoms with Crippen molar-refractivity contribution < 1.29 is 4.79 Å². The predicted octanol–water partition coefficient (Wildman–Crippen LogP) is 4.49. The lowest BCUT2D eigenvalue weighted by atomic mass is 10.2. The lowest BCUT2D eigenvalue weighted by Gasteiger charge is -2.13. The maximum atomic E-state index is 11.9. The van der Waals surface area contributed by atoms with Gasteiger partial charge < -0.3 is 10.2 Å². The molecule has 23 heavy (non-hydrogen) atoms. The monoisotopic (exact) mass is 326 g/mol. The number of carbonyl (C=O) groups is 1. The topological polar surface area (TPSA) is 32.3 Å². The van der Waals surface area contributed by atoms with Crippen LogP contribution in [0.4, 0.5) is 11.4 Å². The molecule has 2 rings (SSSR count). The van der Waals surface area contributed by atoms with Crippen LogP contribution in [0.25, 0.3) is 6.08 Å². The van der Waals surface area contributed by atoms with Crippen molar-refractivity contribution in [3.8, 4) is 0 Å². The van der Waals surface area contributed by atoms with E-state index in [-0.39, 0.29) is 5.91 Å². The van der Waals surface area contributed by atoms with E-state index < -0.39 is 0 Å². The average molecular weight is 326 g/mol. The number of thioether (sulfide) groups is 1. The number of nitrogens with one attached hydrogen (secondary N) is 1. The van der Waals surface area contributed by atoms with Crippen LogP contribution in [0.1, 0.15) is 12.0 Å². The smallest absolute Gasteiger partial charge is 0.225 e. The Hall–Kier alpha value is -2.20. The molecule has 0 aromatic heterocycles. The highest BCUT2D eigenvalue weighted by molar-refractivity contribution is 8.02. The third-order valence-corrected chi connectivity index (χ3v) is 4.04. The quantitative estimate of drug-likeness (QED) is 0.761. The summed E-state index contributed by atoms with van der Waals surface area (Å²) in [5.74, 6) is 0.813. The number of carbonyl (C=O) groups excluding carboxylic acids is 1. The molecule has 0 bridgehead atoms. The first-order valence-corrected chi connectivity index (χ1v) is 8.60. The molecular weight excluding hydrogens is 304 g/mol. The third kappa shape index (κ3) is 6.20. The van der Waals surface area contributed by atoms with E-state index in [0.717, 1.165) is 17.1 Å². The number of amides is 1. The normalized spacial score (nSPS) is 10.7. The molecule has 2 aromatic carbocycles. The molecule has 1 amide bonds. The lowest BCUT2D eigenvalue weighted by molar-refractivity contribution is -0.115. The van der Waals surface area contributed by atoms with Crippen LogP contribution in [0.15, 0.2) is 60.0 Å². The molecule has 0 fully saturated rings. The van der Waals surface area contributed by atoms with E-state index in [4.69, 9.17) is 0 Å². The van der Waals surface area contributed by atoms with E-state index in [1.807, 2.05) is 66.9 Å². The standard InChI is InChI=1S/C19H22N2OS/c1-21(2)18-10-8-17(9-11-18)20-19(22)13-15-23-14-12-16-6-4-3-5-7-16/h3-12,14H,13,15H2,1-2H3,(H,20,22). The maximum Gasteiger partial charge on any atom is 0.225 e. The molecule has 0 unspecified atom stereocenters. The zero-order valence-electron chi connectivity index (χ0n) is 13.5. The van der Waals surface area contributed by atoms with Gasteiger partial charge in [-0.1, -0.05) is 30.3 Å². The fourth-order valence-electron chi connectivity index (χ4n) is 1.98. The second-order valence-electron chi connectivity index (χ2n) is 5.32. The molecule has 0 radical (unpaired) electrons. The van der Waals surface area contributed by atoms with Gasteiger partial charge in [-0.25, -0.2) is 0 Å². The Morgan fingerprint density at radius 3 is 2.43 bits per heavy atom. The molecule has 3 nitrogen and oxygen atoms in total. The van der Waals surface area contributed by atoms with Crippen LogP contribution in [-0.4, -0.2) is 25.8 Å². The van der Waals surface area contributed by atoms with E-state index in [9.17, 15) is 4.79 Å². The number of benzene rings is 2. The predicted molar refractivity (Wildman–Crippen MR) is 102 cm³/mol. The van der Waals surface area contributed by atoms with Gasteiger partial charge in [0.05, 0.1) is 0 Å². The summed E-state index contributed by atoms with van der Waals surface area (Å²) in [6.07, 6.45) is 2.56. The van der Waals surface area contributed by atoms with Crippen molar-refractivity contribution >= 4 is 35.1 Å². The Balaban J connectivity index is 1.70. The van der Waals surface area contributed by atoms with Crippen molar-refractivity contribution in [1.82, 2.24) is 0 Å². The molecule has 0 aliphatic heterocycles. The second-order valence-corrected chi connectivity index (χ2v) is 6.34. The number of hydrogen-bond donors (Lipinski definition) is 1. The van der Waals surface area contributed by atoms with E-state index >= 15 is 0 Å². The highest BCUT2D eigenvalue weighted by Gasteiger charge is 2.02. The Bertz CT molecular complexity index is 636. The van der Waals surface area contributed by atoms with Gasteiger partial charge in [0.25, 0.3) is 0 Å². The van der Waals surface area contributed by atoms with Crippen molar-refractivity contribution in [1.29, 1.82) is 0 Å². The zero-order valence-corrected chi connectivity index (χ0v) is 14.3.